The van der Waals surface area contributed by atoms with Crippen LogP contribution in [0.4, 0.5) is 0 Å². The van der Waals surface area contributed by atoms with Crippen molar-refractivity contribution in [3.05, 3.63) is 85.1 Å². The number of aliphatic hydroxyl groups excluding tert-OH is 4. The van der Waals surface area contributed by atoms with Gasteiger partial charge in [0.1, 0.15) is 30.5 Å². The Morgan fingerprint density at radius 3 is 1.35 bits per heavy atom. The van der Waals surface area contributed by atoms with E-state index in [0.29, 0.717) is 13.0 Å². The molecule has 392 valence electrons. The molecule has 1 aliphatic heterocycles. The standard InChI is InChI=1S/C59H102O9/c1-3-5-7-9-11-13-15-17-19-21-23-25-26-27-28-29-30-32-34-36-38-40-42-44-46-48-55(61)67-53(52-66-59-58(64)57(63)56(62)54(50-60)68-59)51-65-49-47-45-43-41-39-37-35-33-31-24-22-20-18-16-14-12-10-8-6-4-2/h6,8,12,14-15,17-18,20-21,23-24,31,35,37,53-54,56-60,62-64H,3-5,7,9-11,13,16,19,22,25-30,32-34,36,38-52H2,1-2H3/b8-6-,14-12-,17-15-,20-18-,23-21-,31-24-,37-35-. The molecule has 1 rings (SSSR count). The van der Waals surface area contributed by atoms with Crippen LogP contribution in [0.3, 0.4) is 0 Å². The van der Waals surface area contributed by atoms with E-state index < -0.39 is 43.4 Å². The molecule has 0 aromatic carbocycles. The first-order chi connectivity index (χ1) is 33.4. The van der Waals surface area contributed by atoms with Crippen LogP contribution in [0.25, 0.3) is 0 Å². The number of rotatable bonds is 47. The maximum atomic E-state index is 12.9. The minimum Gasteiger partial charge on any atom is -0.457 e. The molecule has 9 heteroatoms. The molecule has 6 unspecified atom stereocenters. The molecule has 6 atom stereocenters. The number of carbonyl (C=O) groups is 1. The second-order valence-electron chi connectivity index (χ2n) is 18.6. The fourth-order valence-electron chi connectivity index (χ4n) is 8.02. The molecule has 0 radical (unpaired) electrons. The first-order valence-corrected chi connectivity index (χ1v) is 27.7. The lowest BCUT2D eigenvalue weighted by Gasteiger charge is -2.39. The molecule has 0 amide bonds. The molecule has 1 saturated heterocycles. The van der Waals surface area contributed by atoms with Crippen molar-refractivity contribution in [2.24, 2.45) is 0 Å². The quantitative estimate of drug-likeness (QED) is 0.0267. The van der Waals surface area contributed by atoms with Crippen LogP contribution in [0, 0.1) is 0 Å². The van der Waals surface area contributed by atoms with E-state index >= 15 is 0 Å². The molecule has 0 aromatic heterocycles. The van der Waals surface area contributed by atoms with Gasteiger partial charge in [-0.2, -0.15) is 0 Å². The summed E-state index contributed by atoms with van der Waals surface area (Å²) in [6, 6.07) is 0. The van der Waals surface area contributed by atoms with E-state index in [9.17, 15) is 25.2 Å². The summed E-state index contributed by atoms with van der Waals surface area (Å²) < 4.78 is 22.9. The molecule has 4 N–H and O–H groups in total. The van der Waals surface area contributed by atoms with Gasteiger partial charge in [0.05, 0.1) is 19.8 Å². The molecule has 0 spiro atoms. The number of aliphatic hydroxyl groups is 4. The van der Waals surface area contributed by atoms with Crippen LogP contribution < -0.4 is 0 Å². The zero-order valence-corrected chi connectivity index (χ0v) is 43.3. The molecule has 9 nitrogen and oxygen atoms in total. The summed E-state index contributed by atoms with van der Waals surface area (Å²) in [4.78, 5) is 12.9. The Labute approximate surface area is 416 Å². The predicted molar refractivity (Wildman–Crippen MR) is 283 cm³/mol. The van der Waals surface area contributed by atoms with Crippen molar-refractivity contribution in [1.29, 1.82) is 0 Å². The summed E-state index contributed by atoms with van der Waals surface area (Å²) in [5.41, 5.74) is 0. The van der Waals surface area contributed by atoms with E-state index in [1.165, 1.54) is 109 Å². The molecule has 1 heterocycles. The normalized spacial score (nSPS) is 19.8. The number of carbonyl (C=O) groups excluding carboxylic acids is 1. The second-order valence-corrected chi connectivity index (χ2v) is 18.6. The third kappa shape index (κ3) is 39.1. The third-order valence-corrected chi connectivity index (χ3v) is 12.3. The van der Waals surface area contributed by atoms with E-state index in [1.54, 1.807) is 0 Å². The molecule has 68 heavy (non-hydrogen) atoms. The molecule has 0 aromatic rings. The van der Waals surface area contributed by atoms with Gasteiger partial charge >= 0.3 is 5.97 Å². The van der Waals surface area contributed by atoms with Gasteiger partial charge in [-0.05, 0) is 89.9 Å². The summed E-state index contributed by atoms with van der Waals surface area (Å²) in [5.74, 6) is -0.325. The molecule has 0 aliphatic carbocycles. The van der Waals surface area contributed by atoms with Crippen LogP contribution in [-0.2, 0) is 23.7 Å². The van der Waals surface area contributed by atoms with Crippen LogP contribution in [0.1, 0.15) is 219 Å². The van der Waals surface area contributed by atoms with Crippen LogP contribution in [0.2, 0.25) is 0 Å². The lowest BCUT2D eigenvalue weighted by atomic mass is 9.99. The third-order valence-electron chi connectivity index (χ3n) is 12.3. The van der Waals surface area contributed by atoms with Crippen molar-refractivity contribution >= 4 is 5.97 Å². The van der Waals surface area contributed by atoms with Crippen LogP contribution >= 0.6 is 0 Å². The van der Waals surface area contributed by atoms with Crippen LogP contribution in [0.5, 0.6) is 0 Å². The molecule has 0 bridgehead atoms. The topological polar surface area (TPSA) is 135 Å². The maximum absolute atomic E-state index is 12.9. The average molecular weight is 955 g/mol. The van der Waals surface area contributed by atoms with E-state index in [1.807, 2.05) is 0 Å². The molecular weight excluding hydrogens is 853 g/mol. The number of ether oxygens (including phenoxy) is 4. The minimum absolute atomic E-state index is 0.123. The van der Waals surface area contributed by atoms with Crippen LogP contribution in [-0.4, -0.2) is 89.6 Å². The molecule has 1 fully saturated rings. The van der Waals surface area contributed by atoms with Crippen molar-refractivity contribution in [2.45, 2.75) is 256 Å². The van der Waals surface area contributed by atoms with Gasteiger partial charge in [0.15, 0.2) is 6.29 Å². The van der Waals surface area contributed by atoms with Gasteiger partial charge in [0.25, 0.3) is 0 Å². The van der Waals surface area contributed by atoms with Gasteiger partial charge in [-0.3, -0.25) is 4.79 Å². The highest BCUT2D eigenvalue weighted by Crippen LogP contribution is 2.23. The van der Waals surface area contributed by atoms with Gasteiger partial charge < -0.3 is 39.4 Å². The summed E-state index contributed by atoms with van der Waals surface area (Å²) in [6.45, 7) is 4.38. The Balaban J connectivity index is 2.19. The molecule has 0 saturated carbocycles. The summed E-state index contributed by atoms with van der Waals surface area (Å²) >= 11 is 0. The Bertz CT molecular complexity index is 1320. The number of esters is 1. The smallest absolute Gasteiger partial charge is 0.306 e. The first kappa shape index (κ1) is 63.4. The lowest BCUT2D eigenvalue weighted by Crippen LogP contribution is -2.59. The number of unbranched alkanes of at least 4 members (excludes halogenated alkanes) is 22. The average Bonchev–Trinajstić information content (AvgIpc) is 3.34. The number of hydrogen-bond acceptors (Lipinski definition) is 9. The first-order valence-electron chi connectivity index (χ1n) is 27.7. The maximum Gasteiger partial charge on any atom is 0.306 e. The van der Waals surface area contributed by atoms with E-state index in [4.69, 9.17) is 18.9 Å². The Morgan fingerprint density at radius 1 is 0.485 bits per heavy atom. The van der Waals surface area contributed by atoms with Gasteiger partial charge in [0, 0.05) is 13.0 Å². The largest absolute Gasteiger partial charge is 0.457 e. The highest BCUT2D eigenvalue weighted by atomic mass is 16.7. The van der Waals surface area contributed by atoms with Crippen LogP contribution in [0.15, 0.2) is 85.1 Å². The van der Waals surface area contributed by atoms with E-state index in [2.05, 4.69) is 98.9 Å². The predicted octanol–water partition coefficient (Wildman–Crippen LogP) is 14.1. The summed E-state index contributed by atoms with van der Waals surface area (Å²) in [6.07, 6.45) is 60.5. The van der Waals surface area contributed by atoms with Gasteiger partial charge in [-0.15, -0.1) is 0 Å². The highest BCUT2D eigenvalue weighted by molar-refractivity contribution is 5.69. The second kappa shape index (κ2) is 49.4. The summed E-state index contributed by atoms with van der Waals surface area (Å²) in [5, 5.41) is 40.3. The Hall–Kier alpha value is -2.63. The highest BCUT2D eigenvalue weighted by Gasteiger charge is 2.44. The number of hydrogen-bond donors (Lipinski definition) is 4. The van der Waals surface area contributed by atoms with Gasteiger partial charge in [-0.1, -0.05) is 208 Å². The SMILES string of the molecule is CC/C=C\C/C=C\C/C=C\C/C=C\C/C=C\CCCCCCOCC(COC1OC(CO)C(O)C(O)C1O)OC(=O)CCCCCCCCCCCCCCC/C=C\C/C=C\CCCCCCC. The minimum atomic E-state index is -1.55. The van der Waals surface area contributed by atoms with E-state index in [0.717, 1.165) is 89.9 Å². The number of allylic oxidation sites excluding steroid dienone is 14. The van der Waals surface area contributed by atoms with Crippen molar-refractivity contribution in [3.63, 3.8) is 0 Å². The molecular formula is C59H102O9. The monoisotopic (exact) mass is 955 g/mol. The summed E-state index contributed by atoms with van der Waals surface area (Å²) in [7, 11) is 0. The van der Waals surface area contributed by atoms with Crippen molar-refractivity contribution in [3.8, 4) is 0 Å². The zero-order chi connectivity index (χ0) is 49.2. The Kier molecular flexibility index (Phi) is 46.0. The van der Waals surface area contributed by atoms with E-state index in [-0.39, 0.29) is 19.2 Å². The molecule has 1 aliphatic rings. The Morgan fingerprint density at radius 2 is 0.897 bits per heavy atom. The fourth-order valence-corrected chi connectivity index (χ4v) is 8.02. The van der Waals surface area contributed by atoms with Crippen molar-refractivity contribution in [1.82, 2.24) is 0 Å². The fraction of sp³-hybridized carbons (Fsp3) is 0.746. The van der Waals surface area contributed by atoms with Gasteiger partial charge in [-0.25, -0.2) is 0 Å². The van der Waals surface area contributed by atoms with Gasteiger partial charge in [0.2, 0.25) is 0 Å². The van der Waals surface area contributed by atoms with Crippen molar-refractivity contribution < 1.29 is 44.2 Å². The van der Waals surface area contributed by atoms with Crippen molar-refractivity contribution in [2.75, 3.05) is 26.4 Å². The lowest BCUT2D eigenvalue weighted by molar-refractivity contribution is -0.305. The zero-order valence-electron chi connectivity index (χ0n) is 43.3.